The summed E-state index contributed by atoms with van der Waals surface area (Å²) in [6.07, 6.45) is 0. The molecule has 0 saturated heterocycles. The monoisotopic (exact) mass is 431 g/mol. The highest BCUT2D eigenvalue weighted by atomic mass is 16.5. The lowest BCUT2D eigenvalue weighted by molar-refractivity contribution is 0.0949. The number of amides is 1. The fourth-order valence-corrected chi connectivity index (χ4v) is 3.49. The second kappa shape index (κ2) is 11.9. The Bertz CT molecular complexity index is 952. The molecule has 0 aliphatic heterocycles. The van der Waals surface area contributed by atoms with Crippen LogP contribution in [0.25, 0.3) is 0 Å². The molecule has 1 amide bonds. The Labute approximate surface area is 191 Å². The van der Waals surface area contributed by atoms with Gasteiger partial charge in [0.1, 0.15) is 11.5 Å². The van der Waals surface area contributed by atoms with Crippen LogP contribution in [0.1, 0.15) is 29.8 Å². The number of nitrogens with one attached hydrogen (secondary N) is 1. The maximum Gasteiger partial charge on any atom is 0.251 e. The molecule has 0 atom stereocenters. The van der Waals surface area contributed by atoms with Crippen LogP contribution in [0.5, 0.6) is 11.5 Å². The molecular formula is C27H33N3O2. The number of nitrogens with zero attached hydrogens (tertiary/aromatic N) is 2. The Morgan fingerprint density at radius 3 is 2.09 bits per heavy atom. The molecule has 0 spiro atoms. The first-order valence-electron chi connectivity index (χ1n) is 11.2. The van der Waals surface area contributed by atoms with Crippen molar-refractivity contribution in [1.82, 2.24) is 10.2 Å². The standard InChI is InChI=1S/C27H33N3O2/c1-4-30(5-2)20-19-28-27(31)23-13-11-22(12-14-23)21-29(3)24-15-17-26(18-16-24)32-25-9-7-6-8-10-25/h6-18H,4-5,19-21H2,1-3H3,(H,28,31). The van der Waals surface area contributed by atoms with Gasteiger partial charge in [-0.2, -0.15) is 0 Å². The highest BCUT2D eigenvalue weighted by molar-refractivity contribution is 5.94. The van der Waals surface area contributed by atoms with Gasteiger partial charge in [0.05, 0.1) is 0 Å². The zero-order valence-corrected chi connectivity index (χ0v) is 19.3. The first-order valence-corrected chi connectivity index (χ1v) is 11.2. The van der Waals surface area contributed by atoms with E-state index in [-0.39, 0.29) is 5.91 Å². The minimum atomic E-state index is -0.0222. The second-order valence-electron chi connectivity index (χ2n) is 7.74. The number of benzene rings is 3. The third-order valence-electron chi connectivity index (χ3n) is 5.50. The van der Waals surface area contributed by atoms with E-state index >= 15 is 0 Å². The molecule has 0 fully saturated rings. The Balaban J connectivity index is 1.50. The summed E-state index contributed by atoms with van der Waals surface area (Å²) in [5, 5.41) is 3.00. The lowest BCUT2D eigenvalue weighted by Crippen LogP contribution is -2.34. The molecule has 3 rings (SSSR count). The quantitative estimate of drug-likeness (QED) is 0.454. The third-order valence-corrected chi connectivity index (χ3v) is 5.50. The van der Waals surface area contributed by atoms with Gasteiger partial charge in [0.2, 0.25) is 0 Å². The minimum Gasteiger partial charge on any atom is -0.457 e. The van der Waals surface area contributed by atoms with E-state index in [9.17, 15) is 4.79 Å². The zero-order valence-electron chi connectivity index (χ0n) is 19.3. The maximum absolute atomic E-state index is 12.4. The van der Waals surface area contributed by atoms with Gasteiger partial charge in [0, 0.05) is 37.9 Å². The highest BCUT2D eigenvalue weighted by Crippen LogP contribution is 2.24. The van der Waals surface area contributed by atoms with Crippen molar-refractivity contribution in [2.45, 2.75) is 20.4 Å². The summed E-state index contributed by atoms with van der Waals surface area (Å²) in [7, 11) is 2.06. The molecular weight excluding hydrogens is 398 g/mol. The van der Waals surface area contributed by atoms with Crippen molar-refractivity contribution in [2.75, 3.05) is 38.1 Å². The number of likely N-dealkylation sites (N-methyl/N-ethyl adjacent to an activating group) is 1. The maximum atomic E-state index is 12.4. The molecule has 0 unspecified atom stereocenters. The first kappa shape index (κ1) is 23.4. The fraction of sp³-hybridized carbons (Fsp3) is 0.296. The Kier molecular flexibility index (Phi) is 8.70. The van der Waals surface area contributed by atoms with Crippen molar-refractivity contribution < 1.29 is 9.53 Å². The molecule has 5 heteroatoms. The summed E-state index contributed by atoms with van der Waals surface area (Å²) < 4.78 is 5.86. The normalized spacial score (nSPS) is 10.8. The molecule has 0 heterocycles. The van der Waals surface area contributed by atoms with Crippen molar-refractivity contribution >= 4 is 11.6 Å². The van der Waals surface area contributed by atoms with Gasteiger partial charge in [0.15, 0.2) is 0 Å². The van der Waals surface area contributed by atoms with Crippen LogP contribution in [-0.4, -0.2) is 44.0 Å². The summed E-state index contributed by atoms with van der Waals surface area (Å²) in [5.41, 5.74) is 2.94. The highest BCUT2D eigenvalue weighted by Gasteiger charge is 2.08. The zero-order chi connectivity index (χ0) is 22.8. The van der Waals surface area contributed by atoms with Crippen LogP contribution in [-0.2, 0) is 6.54 Å². The predicted octanol–water partition coefficient (Wildman–Crippen LogP) is 5.19. The molecule has 0 aliphatic rings. The molecule has 0 aliphatic carbocycles. The molecule has 3 aromatic rings. The topological polar surface area (TPSA) is 44.8 Å². The average Bonchev–Trinajstić information content (AvgIpc) is 2.83. The van der Waals surface area contributed by atoms with Gasteiger partial charge < -0.3 is 19.9 Å². The van der Waals surface area contributed by atoms with Gasteiger partial charge in [-0.1, -0.05) is 44.2 Å². The number of hydrogen-bond acceptors (Lipinski definition) is 4. The molecule has 168 valence electrons. The van der Waals surface area contributed by atoms with Gasteiger partial charge in [-0.05, 0) is 67.2 Å². The van der Waals surface area contributed by atoms with Crippen molar-refractivity contribution in [3.8, 4) is 11.5 Å². The summed E-state index contributed by atoms with van der Waals surface area (Å²) >= 11 is 0. The van der Waals surface area contributed by atoms with Crippen LogP contribution in [0, 0.1) is 0 Å². The Morgan fingerprint density at radius 2 is 1.47 bits per heavy atom. The molecule has 1 N–H and O–H groups in total. The number of carbonyl (C=O) groups excluding carboxylic acids is 1. The van der Waals surface area contributed by atoms with Crippen LogP contribution >= 0.6 is 0 Å². The lowest BCUT2D eigenvalue weighted by Gasteiger charge is -2.20. The minimum absolute atomic E-state index is 0.0222. The summed E-state index contributed by atoms with van der Waals surface area (Å²) in [6, 6.07) is 25.6. The molecule has 0 saturated carbocycles. The van der Waals surface area contributed by atoms with Gasteiger partial charge in [0.25, 0.3) is 5.91 Å². The number of para-hydroxylation sites is 1. The number of anilines is 1. The number of rotatable bonds is 11. The van der Waals surface area contributed by atoms with E-state index in [1.807, 2.05) is 66.7 Å². The first-order chi connectivity index (χ1) is 15.6. The van der Waals surface area contributed by atoms with E-state index in [4.69, 9.17) is 4.74 Å². The van der Waals surface area contributed by atoms with Crippen LogP contribution in [0.3, 0.4) is 0 Å². The van der Waals surface area contributed by atoms with Crippen molar-refractivity contribution in [2.24, 2.45) is 0 Å². The van der Waals surface area contributed by atoms with Gasteiger partial charge in [-0.3, -0.25) is 4.79 Å². The molecule has 5 nitrogen and oxygen atoms in total. The lowest BCUT2D eigenvalue weighted by atomic mass is 10.1. The van der Waals surface area contributed by atoms with Gasteiger partial charge in [-0.25, -0.2) is 0 Å². The number of hydrogen-bond donors (Lipinski definition) is 1. The molecule has 3 aromatic carbocycles. The smallest absolute Gasteiger partial charge is 0.251 e. The van der Waals surface area contributed by atoms with E-state index < -0.39 is 0 Å². The summed E-state index contributed by atoms with van der Waals surface area (Å²) in [4.78, 5) is 16.8. The Morgan fingerprint density at radius 1 is 0.844 bits per heavy atom. The average molecular weight is 432 g/mol. The van der Waals surface area contributed by atoms with Crippen LogP contribution in [0.2, 0.25) is 0 Å². The van der Waals surface area contributed by atoms with Crippen LogP contribution in [0.15, 0.2) is 78.9 Å². The Hall–Kier alpha value is -3.31. The second-order valence-corrected chi connectivity index (χ2v) is 7.74. The van der Waals surface area contributed by atoms with E-state index in [0.717, 1.165) is 48.9 Å². The molecule has 0 aromatic heterocycles. The van der Waals surface area contributed by atoms with E-state index in [0.29, 0.717) is 12.1 Å². The number of carbonyl (C=O) groups is 1. The van der Waals surface area contributed by atoms with Gasteiger partial charge >= 0.3 is 0 Å². The van der Waals surface area contributed by atoms with Crippen molar-refractivity contribution in [1.29, 1.82) is 0 Å². The molecule has 32 heavy (non-hydrogen) atoms. The van der Waals surface area contributed by atoms with E-state index in [1.54, 1.807) is 0 Å². The van der Waals surface area contributed by atoms with Gasteiger partial charge in [-0.15, -0.1) is 0 Å². The summed E-state index contributed by atoms with van der Waals surface area (Å²) in [5.74, 6) is 1.61. The predicted molar refractivity (Wildman–Crippen MR) is 132 cm³/mol. The largest absolute Gasteiger partial charge is 0.457 e. The SMILES string of the molecule is CCN(CC)CCNC(=O)c1ccc(CN(C)c2ccc(Oc3ccccc3)cc2)cc1. The fourth-order valence-electron chi connectivity index (χ4n) is 3.49. The van der Waals surface area contributed by atoms with Crippen molar-refractivity contribution in [3.63, 3.8) is 0 Å². The van der Waals surface area contributed by atoms with Crippen LogP contribution in [0.4, 0.5) is 5.69 Å². The van der Waals surface area contributed by atoms with E-state index in [2.05, 4.69) is 48.1 Å². The van der Waals surface area contributed by atoms with Crippen molar-refractivity contribution in [3.05, 3.63) is 90.0 Å². The summed E-state index contributed by atoms with van der Waals surface area (Å²) in [6.45, 7) is 8.55. The van der Waals surface area contributed by atoms with E-state index in [1.165, 1.54) is 0 Å². The van der Waals surface area contributed by atoms with Crippen LogP contribution < -0.4 is 15.0 Å². The third kappa shape index (κ3) is 6.86. The molecule has 0 radical (unpaired) electrons. The molecule has 0 bridgehead atoms. The number of ether oxygens (including phenoxy) is 1.